The van der Waals surface area contributed by atoms with E-state index in [1.165, 1.54) is 68.9 Å². The molecule has 0 bridgehead atoms. The van der Waals surface area contributed by atoms with Crippen molar-refractivity contribution in [3.8, 4) is 0 Å². The third-order valence-electron chi connectivity index (χ3n) is 16.9. The van der Waals surface area contributed by atoms with Crippen LogP contribution in [0, 0.1) is 50.7 Å². The molecule has 1 aliphatic heterocycles. The minimum absolute atomic E-state index is 0.0480. The van der Waals surface area contributed by atoms with Gasteiger partial charge in [-0.1, -0.05) is 59.3 Å². The topological polar surface area (TPSA) is 77.9 Å². The van der Waals surface area contributed by atoms with E-state index in [-0.39, 0.29) is 46.1 Å². The summed E-state index contributed by atoms with van der Waals surface area (Å²) >= 11 is 0. The van der Waals surface area contributed by atoms with Crippen molar-refractivity contribution >= 4 is 22.7 Å². The van der Waals surface area contributed by atoms with Crippen LogP contribution in [0.25, 0.3) is 0 Å². The number of carbonyl (C=O) groups excluding carboxylic acids is 1. The number of allylic oxidation sites excluding steroid dienone is 5. The number of halogens is 1. The van der Waals surface area contributed by atoms with Crippen molar-refractivity contribution in [2.75, 3.05) is 50.9 Å². The molecule has 1 N–H and O–H groups in total. The third kappa shape index (κ3) is 8.67. The van der Waals surface area contributed by atoms with Gasteiger partial charge in [0.25, 0.3) is 0 Å². The van der Waals surface area contributed by atoms with E-state index >= 15 is 0 Å². The van der Waals surface area contributed by atoms with E-state index in [1.54, 1.807) is 13.0 Å². The van der Waals surface area contributed by atoms with Crippen molar-refractivity contribution in [3.05, 3.63) is 36.0 Å². The van der Waals surface area contributed by atoms with Crippen LogP contribution in [0.4, 0.5) is 4.39 Å². The first kappa shape index (κ1) is 44.3. The number of fused-ring (bicyclic) bond motifs is 7. The first-order valence-corrected chi connectivity index (χ1v) is 23.6. The van der Waals surface area contributed by atoms with Crippen molar-refractivity contribution in [1.82, 2.24) is 9.80 Å². The molecular weight excluding hydrogens is 708 g/mol. The van der Waals surface area contributed by atoms with Crippen LogP contribution in [0.15, 0.2) is 36.0 Å². The predicted molar refractivity (Wildman–Crippen MR) is 226 cm³/mol. The third-order valence-corrected chi connectivity index (χ3v) is 18.2. The Morgan fingerprint density at radius 2 is 1.67 bits per heavy atom. The van der Waals surface area contributed by atoms with Crippen LogP contribution < -0.4 is 0 Å². The van der Waals surface area contributed by atoms with Crippen LogP contribution in [0.1, 0.15) is 145 Å². The highest BCUT2D eigenvalue weighted by atomic mass is 32.2. The number of nitrogens with zero attached hydrogens (tertiary/aromatic N) is 2. The Kier molecular flexibility index (Phi) is 14.5. The summed E-state index contributed by atoms with van der Waals surface area (Å²) in [6, 6.07) is 0. The zero-order chi connectivity index (χ0) is 40.2. The number of alkyl halides is 1. The number of carbonyl (C=O) groups is 2. The molecule has 0 aromatic heterocycles. The molecule has 0 aromatic rings. The van der Waals surface area contributed by atoms with Gasteiger partial charge in [0.05, 0.1) is 6.67 Å². The van der Waals surface area contributed by atoms with Crippen LogP contribution in [0.3, 0.4) is 0 Å². The summed E-state index contributed by atoms with van der Waals surface area (Å²) in [7, 11) is -0.656. The van der Waals surface area contributed by atoms with Crippen LogP contribution in [-0.2, 0) is 20.4 Å². The smallest absolute Gasteiger partial charge is 0.303 e. The summed E-state index contributed by atoms with van der Waals surface area (Å²) in [6.07, 6.45) is 21.6. The minimum atomic E-state index is -0.778. The van der Waals surface area contributed by atoms with Gasteiger partial charge in [-0.3, -0.25) is 18.2 Å². The lowest BCUT2D eigenvalue weighted by atomic mass is 9.32. The van der Waals surface area contributed by atoms with E-state index in [2.05, 4.69) is 63.1 Å². The van der Waals surface area contributed by atoms with Crippen molar-refractivity contribution < 1.29 is 23.3 Å². The van der Waals surface area contributed by atoms with Crippen LogP contribution in [0.2, 0.25) is 0 Å². The van der Waals surface area contributed by atoms with E-state index in [9.17, 15) is 23.3 Å². The average molecular weight is 785 g/mol. The zero-order valence-corrected chi connectivity index (χ0v) is 36.7. The molecule has 0 spiro atoms. The van der Waals surface area contributed by atoms with Gasteiger partial charge < -0.3 is 14.9 Å². The highest BCUT2D eigenvalue weighted by Crippen LogP contribution is 2.77. The molecule has 0 radical (unpaired) electrons. The fourth-order valence-corrected chi connectivity index (χ4v) is 15.3. The Labute approximate surface area is 337 Å². The summed E-state index contributed by atoms with van der Waals surface area (Å²) in [5.41, 5.74) is 3.48. The lowest BCUT2D eigenvalue weighted by Gasteiger charge is -2.72. The molecule has 4 saturated carbocycles. The number of amides is 1. The Morgan fingerprint density at radius 1 is 0.964 bits per heavy atom. The standard InChI is InChI=1S/C44H71FN2O4S.C3H6/c1-32(48)47(26-10-25-46-27-29-52(51)30-28-46)31-44-19-8-13-36(44)35-15-16-38-41(4)20-17-34(33(12-9-24-45)11-7-14-39(49)50)40(2,3)37(41)18-21-43(38,6)42(35,5)22-23-44;1-3-2/h11,17,35-38H,7-10,12-16,18-31H2,1-6H3,(H,49,50);3H,1H2,2H3/b33-11+;/t35?,36?,37?,38?,41?,42-,43?,44?;/m1./s1. The Bertz CT molecular complexity index is 1470. The number of aliphatic carboxylic acids is 1. The van der Waals surface area contributed by atoms with Crippen molar-refractivity contribution in [2.24, 2.45) is 50.7 Å². The van der Waals surface area contributed by atoms with E-state index in [4.69, 9.17) is 0 Å². The molecule has 8 atom stereocenters. The van der Waals surface area contributed by atoms with E-state index in [1.807, 2.05) is 6.92 Å². The number of carboxylic acid groups (broad SMARTS) is 1. The van der Waals surface area contributed by atoms with E-state index in [0.717, 1.165) is 57.1 Å². The second-order valence-electron chi connectivity index (χ2n) is 19.9. The number of hydrogen-bond donors (Lipinski definition) is 1. The van der Waals surface area contributed by atoms with E-state index in [0.29, 0.717) is 42.9 Å². The van der Waals surface area contributed by atoms with E-state index < -0.39 is 16.8 Å². The van der Waals surface area contributed by atoms with Gasteiger partial charge in [0, 0.05) is 61.8 Å². The molecule has 7 unspecified atom stereocenters. The first-order chi connectivity index (χ1) is 26.0. The van der Waals surface area contributed by atoms with Crippen LogP contribution in [-0.4, -0.2) is 81.9 Å². The van der Waals surface area contributed by atoms with Crippen molar-refractivity contribution in [2.45, 2.75) is 145 Å². The minimum Gasteiger partial charge on any atom is -0.481 e. The van der Waals surface area contributed by atoms with Gasteiger partial charge in [-0.25, -0.2) is 0 Å². The summed E-state index contributed by atoms with van der Waals surface area (Å²) in [5, 5.41) is 9.32. The van der Waals surface area contributed by atoms with Gasteiger partial charge in [-0.05, 0) is 159 Å². The summed E-state index contributed by atoms with van der Waals surface area (Å²) < 4.78 is 25.3. The zero-order valence-electron chi connectivity index (χ0n) is 35.9. The molecule has 5 fully saturated rings. The fraction of sp³-hybridized carbons (Fsp3) is 0.830. The summed E-state index contributed by atoms with van der Waals surface area (Å²) in [5.74, 6) is 3.61. The Balaban J connectivity index is 0.00000187. The lowest BCUT2D eigenvalue weighted by Crippen LogP contribution is -2.65. The van der Waals surface area contributed by atoms with Gasteiger partial charge in [0.2, 0.25) is 5.91 Å². The molecular formula is C47H77FN2O4S. The molecule has 6 rings (SSSR count). The fourth-order valence-electron chi connectivity index (χ4n) is 14.2. The second-order valence-corrected chi connectivity index (χ2v) is 21.6. The number of carboxylic acids is 1. The number of hydrogen-bond acceptors (Lipinski definition) is 4. The van der Waals surface area contributed by atoms with Crippen LogP contribution in [0.5, 0.6) is 0 Å². The van der Waals surface area contributed by atoms with Gasteiger partial charge in [-0.2, -0.15) is 0 Å². The summed E-state index contributed by atoms with van der Waals surface area (Å²) in [6.45, 7) is 24.1. The monoisotopic (exact) mass is 785 g/mol. The predicted octanol–water partition coefficient (Wildman–Crippen LogP) is 10.4. The SMILES string of the molecule is C=CC.CC(=O)N(CCCN1CCS(=O)CC1)CC12CCCC1C1CCC3C4(C)CC=C(/C(=C/CCC(=O)O)CCCF)C(C)(C)C4CCC3(C)[C@]1(C)CC2. The maximum atomic E-state index is 13.5. The van der Waals surface area contributed by atoms with Gasteiger partial charge in [-0.15, -0.1) is 6.58 Å². The quantitative estimate of drug-likeness (QED) is 0.188. The molecule has 1 amide bonds. The highest BCUT2D eigenvalue weighted by Gasteiger charge is 2.69. The normalized spacial score (nSPS) is 37.2. The van der Waals surface area contributed by atoms with Crippen LogP contribution >= 0.6 is 0 Å². The molecule has 1 heterocycles. The van der Waals surface area contributed by atoms with Gasteiger partial charge >= 0.3 is 5.97 Å². The molecule has 6 nitrogen and oxygen atoms in total. The van der Waals surface area contributed by atoms with Gasteiger partial charge in [0.15, 0.2) is 0 Å². The highest BCUT2D eigenvalue weighted by molar-refractivity contribution is 7.85. The largest absolute Gasteiger partial charge is 0.481 e. The Morgan fingerprint density at radius 3 is 2.33 bits per heavy atom. The molecule has 8 heteroatoms. The first-order valence-electron chi connectivity index (χ1n) is 22.1. The maximum absolute atomic E-state index is 13.5. The molecule has 0 aromatic carbocycles. The lowest BCUT2D eigenvalue weighted by molar-refractivity contribution is -0.225. The average Bonchev–Trinajstić information content (AvgIpc) is 3.54. The molecule has 312 valence electrons. The van der Waals surface area contributed by atoms with Crippen molar-refractivity contribution in [1.29, 1.82) is 0 Å². The maximum Gasteiger partial charge on any atom is 0.303 e. The molecule has 1 saturated heterocycles. The second kappa shape index (κ2) is 18.0. The van der Waals surface area contributed by atoms with Gasteiger partial charge in [0.1, 0.15) is 0 Å². The van der Waals surface area contributed by atoms with Crippen molar-refractivity contribution in [3.63, 3.8) is 0 Å². The molecule has 55 heavy (non-hydrogen) atoms. The Hall–Kier alpha value is -1.80. The molecule has 5 aliphatic carbocycles. The molecule has 6 aliphatic rings. The summed E-state index contributed by atoms with van der Waals surface area (Å²) in [4.78, 5) is 29.1. The number of rotatable bonds is 13.